The first-order chi connectivity index (χ1) is 11.5. The van der Waals surface area contributed by atoms with Crippen LogP contribution in [0.1, 0.15) is 43.9 Å². The van der Waals surface area contributed by atoms with Gasteiger partial charge in [0.1, 0.15) is 0 Å². The Hall–Kier alpha value is -2.10. The Bertz CT molecular complexity index is 835. The van der Waals surface area contributed by atoms with E-state index in [1.165, 1.54) is 36.6 Å². The maximum atomic E-state index is 12.5. The highest BCUT2D eigenvalue weighted by atomic mass is 16.2. The Kier molecular flexibility index (Phi) is 3.52. The third kappa shape index (κ3) is 2.20. The number of carbonyl (C=O) groups excluding carboxylic acids is 1. The van der Waals surface area contributed by atoms with Crippen molar-refractivity contribution in [1.29, 1.82) is 0 Å². The first-order valence-electron chi connectivity index (χ1n) is 8.91. The first kappa shape index (κ1) is 15.4. The molecule has 4 nitrogen and oxygen atoms in total. The number of para-hydroxylation sites is 1. The molecule has 1 aromatic heterocycles. The van der Waals surface area contributed by atoms with Crippen molar-refractivity contribution in [1.82, 2.24) is 9.99 Å². The average molecular weight is 323 g/mol. The summed E-state index contributed by atoms with van der Waals surface area (Å²) in [5.74, 6) is 0.824. The molecule has 126 valence electrons. The maximum Gasteiger partial charge on any atom is 0.244 e. The highest BCUT2D eigenvalue weighted by Gasteiger charge is 2.64. The van der Waals surface area contributed by atoms with Gasteiger partial charge in [0.15, 0.2) is 0 Å². The van der Waals surface area contributed by atoms with Gasteiger partial charge >= 0.3 is 0 Å². The lowest BCUT2D eigenvalue weighted by Gasteiger charge is -2.15. The van der Waals surface area contributed by atoms with Crippen LogP contribution in [0.25, 0.3) is 10.9 Å². The monoisotopic (exact) mass is 323 g/mol. The summed E-state index contributed by atoms with van der Waals surface area (Å²) in [6.07, 6.45) is 6.70. The molecule has 0 saturated heterocycles. The van der Waals surface area contributed by atoms with Crippen molar-refractivity contribution in [3.05, 3.63) is 35.5 Å². The van der Waals surface area contributed by atoms with Crippen LogP contribution in [0.2, 0.25) is 0 Å². The molecule has 0 aliphatic heterocycles. The number of hydrogen-bond donors (Lipinski definition) is 1. The molecular weight excluding hydrogens is 298 g/mol. The van der Waals surface area contributed by atoms with Gasteiger partial charge in [-0.15, -0.1) is 0 Å². The predicted molar refractivity (Wildman–Crippen MR) is 96.9 cm³/mol. The summed E-state index contributed by atoms with van der Waals surface area (Å²) in [5.41, 5.74) is 6.44. The van der Waals surface area contributed by atoms with Crippen molar-refractivity contribution in [3.63, 3.8) is 0 Å². The van der Waals surface area contributed by atoms with Gasteiger partial charge in [-0.1, -0.05) is 38.0 Å². The number of hydrazone groups is 1. The van der Waals surface area contributed by atoms with E-state index in [9.17, 15) is 4.79 Å². The van der Waals surface area contributed by atoms with Crippen LogP contribution in [0.3, 0.4) is 0 Å². The molecule has 0 bridgehead atoms. The molecule has 0 spiro atoms. The number of hydrogen-bond acceptors (Lipinski definition) is 2. The topological polar surface area (TPSA) is 46.4 Å². The highest BCUT2D eigenvalue weighted by Crippen LogP contribution is 2.66. The van der Waals surface area contributed by atoms with E-state index in [2.05, 4.69) is 48.1 Å². The molecule has 2 aliphatic carbocycles. The molecular formula is C20H25N3O. The second-order valence-electron chi connectivity index (χ2n) is 7.65. The van der Waals surface area contributed by atoms with E-state index < -0.39 is 0 Å². The summed E-state index contributed by atoms with van der Waals surface area (Å²) in [6, 6.07) is 8.28. The lowest BCUT2D eigenvalue weighted by Crippen LogP contribution is -2.22. The number of benzene rings is 1. The molecule has 1 N–H and O–H groups in total. The number of amides is 1. The van der Waals surface area contributed by atoms with Crippen LogP contribution in [0.5, 0.6) is 0 Å². The molecule has 1 heterocycles. The summed E-state index contributed by atoms with van der Waals surface area (Å²) in [6.45, 7) is 4.35. The quantitative estimate of drug-likeness (QED) is 0.678. The molecule has 4 heteroatoms. The Morgan fingerprint density at radius 3 is 2.92 bits per heavy atom. The molecule has 3 atom stereocenters. The van der Waals surface area contributed by atoms with E-state index >= 15 is 0 Å². The van der Waals surface area contributed by atoms with E-state index in [1.807, 2.05) is 12.1 Å². The van der Waals surface area contributed by atoms with Gasteiger partial charge in [-0.25, -0.2) is 5.43 Å². The van der Waals surface area contributed by atoms with E-state index in [0.717, 1.165) is 11.3 Å². The molecule has 2 aromatic rings. The van der Waals surface area contributed by atoms with Crippen molar-refractivity contribution in [2.75, 3.05) is 0 Å². The molecule has 2 aliphatic rings. The van der Waals surface area contributed by atoms with Crippen molar-refractivity contribution >= 4 is 23.0 Å². The zero-order chi connectivity index (χ0) is 16.9. The van der Waals surface area contributed by atoms with Crippen LogP contribution in [0, 0.1) is 24.2 Å². The number of fused-ring (bicyclic) bond motifs is 2. The SMILES string of the molecule is Cc1c(/C=N\NC(=O)[C@@H]2[C@H]3CCCC[C@]32C)c2ccccc2n1C. The largest absolute Gasteiger partial charge is 0.347 e. The molecule has 1 amide bonds. The first-order valence-corrected chi connectivity index (χ1v) is 8.91. The fraction of sp³-hybridized carbons (Fsp3) is 0.500. The minimum absolute atomic E-state index is 0.0959. The van der Waals surface area contributed by atoms with Gasteiger partial charge in [-0.2, -0.15) is 5.10 Å². The van der Waals surface area contributed by atoms with Gasteiger partial charge < -0.3 is 4.57 Å². The standard InChI is InChI=1S/C20H25N3O/c1-13-15(14-8-4-5-10-17(14)23(13)3)12-21-22-19(24)18-16-9-6-7-11-20(16,18)2/h4-5,8,10,12,16,18H,6-7,9,11H2,1-3H3,(H,22,24)/b21-12-/t16-,18+,20-/m1/s1. The van der Waals surface area contributed by atoms with E-state index in [1.54, 1.807) is 6.21 Å². The minimum atomic E-state index is 0.0959. The zero-order valence-electron chi connectivity index (χ0n) is 14.7. The number of rotatable bonds is 3. The molecule has 0 radical (unpaired) electrons. The third-order valence-corrected chi connectivity index (χ3v) is 6.43. The van der Waals surface area contributed by atoms with Gasteiger partial charge in [0.25, 0.3) is 0 Å². The van der Waals surface area contributed by atoms with Crippen LogP contribution in [0.15, 0.2) is 29.4 Å². The van der Waals surface area contributed by atoms with Crippen LogP contribution in [-0.4, -0.2) is 16.7 Å². The summed E-state index contributed by atoms with van der Waals surface area (Å²) < 4.78 is 2.16. The second-order valence-corrected chi connectivity index (χ2v) is 7.65. The number of carbonyl (C=O) groups is 1. The van der Waals surface area contributed by atoms with E-state index in [4.69, 9.17) is 0 Å². The van der Waals surface area contributed by atoms with Crippen LogP contribution >= 0.6 is 0 Å². The van der Waals surface area contributed by atoms with Crippen LogP contribution in [-0.2, 0) is 11.8 Å². The van der Waals surface area contributed by atoms with Gasteiger partial charge in [0.2, 0.25) is 5.91 Å². The highest BCUT2D eigenvalue weighted by molar-refractivity contribution is 6.01. The summed E-state index contributed by atoms with van der Waals surface area (Å²) >= 11 is 0. The molecule has 0 unspecified atom stereocenters. The van der Waals surface area contributed by atoms with Crippen LogP contribution in [0.4, 0.5) is 0 Å². The summed E-state index contributed by atoms with van der Waals surface area (Å²) in [7, 11) is 2.06. The van der Waals surface area contributed by atoms with Crippen molar-refractivity contribution in [3.8, 4) is 0 Å². The molecule has 2 saturated carbocycles. The van der Waals surface area contributed by atoms with Crippen molar-refractivity contribution < 1.29 is 4.79 Å². The number of aryl methyl sites for hydroxylation is 1. The number of nitrogens with zero attached hydrogens (tertiary/aromatic N) is 2. The van der Waals surface area contributed by atoms with Gasteiger partial charge in [0, 0.05) is 35.1 Å². The predicted octanol–water partition coefficient (Wildman–Crippen LogP) is 3.76. The minimum Gasteiger partial charge on any atom is -0.347 e. The fourth-order valence-electron chi connectivity index (χ4n) is 4.79. The average Bonchev–Trinajstić information content (AvgIpc) is 3.15. The lowest BCUT2D eigenvalue weighted by atomic mass is 9.90. The molecule has 24 heavy (non-hydrogen) atoms. The van der Waals surface area contributed by atoms with Gasteiger partial charge in [0.05, 0.1) is 6.21 Å². The lowest BCUT2D eigenvalue weighted by molar-refractivity contribution is -0.123. The maximum absolute atomic E-state index is 12.5. The van der Waals surface area contributed by atoms with E-state index in [-0.39, 0.29) is 17.2 Å². The summed E-state index contributed by atoms with van der Waals surface area (Å²) in [5, 5.41) is 5.45. The van der Waals surface area contributed by atoms with Crippen molar-refractivity contribution in [2.24, 2.45) is 29.4 Å². The second kappa shape index (κ2) is 5.47. The Balaban J connectivity index is 1.51. The third-order valence-electron chi connectivity index (χ3n) is 6.43. The normalized spacial score (nSPS) is 29.0. The zero-order valence-corrected chi connectivity index (χ0v) is 14.7. The van der Waals surface area contributed by atoms with Gasteiger partial charge in [-0.05, 0) is 37.2 Å². The molecule has 1 aromatic carbocycles. The smallest absolute Gasteiger partial charge is 0.244 e. The number of aromatic nitrogens is 1. The van der Waals surface area contributed by atoms with E-state index in [0.29, 0.717) is 5.92 Å². The van der Waals surface area contributed by atoms with Crippen molar-refractivity contribution in [2.45, 2.75) is 39.5 Å². The fourth-order valence-corrected chi connectivity index (χ4v) is 4.79. The summed E-state index contributed by atoms with van der Waals surface area (Å²) in [4.78, 5) is 12.5. The van der Waals surface area contributed by atoms with Gasteiger partial charge in [-0.3, -0.25) is 4.79 Å². The number of nitrogens with one attached hydrogen (secondary N) is 1. The Morgan fingerprint density at radius 1 is 1.38 bits per heavy atom. The molecule has 2 fully saturated rings. The molecule has 4 rings (SSSR count). The Labute approximate surface area is 142 Å². The Morgan fingerprint density at radius 2 is 2.17 bits per heavy atom. The van der Waals surface area contributed by atoms with Crippen LogP contribution < -0.4 is 5.43 Å².